The maximum Gasteiger partial charge on any atom is 0.419 e. The third-order valence-corrected chi connectivity index (χ3v) is 3.91. The van der Waals surface area contributed by atoms with Crippen LogP contribution in [0, 0.1) is 0 Å². The molecule has 2 aromatic rings. The summed E-state index contributed by atoms with van der Waals surface area (Å²) in [5.74, 6) is -0.377. The fourth-order valence-corrected chi connectivity index (χ4v) is 2.74. The lowest BCUT2D eigenvalue weighted by molar-refractivity contribution is -0.121. The van der Waals surface area contributed by atoms with E-state index in [0.29, 0.717) is 31.5 Å². The topological polar surface area (TPSA) is 73.5 Å². The number of amides is 1. The molecule has 0 saturated carbocycles. The second-order valence-electron chi connectivity index (χ2n) is 5.53. The molecule has 0 spiro atoms. The molecule has 22 heavy (non-hydrogen) atoms. The van der Waals surface area contributed by atoms with Gasteiger partial charge in [0.1, 0.15) is 0 Å². The molecular formula is C16H20N2O4. The van der Waals surface area contributed by atoms with Gasteiger partial charge in [0.15, 0.2) is 5.58 Å². The molecule has 0 unspecified atom stereocenters. The molecule has 0 aliphatic carbocycles. The summed E-state index contributed by atoms with van der Waals surface area (Å²) in [5, 5.41) is 2.88. The summed E-state index contributed by atoms with van der Waals surface area (Å²) in [4.78, 5) is 23.6. The summed E-state index contributed by atoms with van der Waals surface area (Å²) >= 11 is 0. The van der Waals surface area contributed by atoms with Crippen molar-refractivity contribution < 1.29 is 13.9 Å². The third kappa shape index (κ3) is 3.39. The second-order valence-corrected chi connectivity index (χ2v) is 5.53. The number of benzene rings is 1. The minimum atomic E-state index is -0.374. The number of nitrogens with one attached hydrogen (secondary N) is 1. The van der Waals surface area contributed by atoms with Gasteiger partial charge in [-0.3, -0.25) is 9.36 Å². The summed E-state index contributed by atoms with van der Waals surface area (Å²) in [6, 6.07) is 7.30. The van der Waals surface area contributed by atoms with E-state index >= 15 is 0 Å². The lowest BCUT2D eigenvalue weighted by Gasteiger charge is -2.10. The summed E-state index contributed by atoms with van der Waals surface area (Å²) in [5.41, 5.74) is 1.35. The molecule has 1 fully saturated rings. The zero-order valence-corrected chi connectivity index (χ0v) is 12.4. The molecule has 1 atom stereocenters. The number of carbonyl (C=O) groups excluding carboxylic acids is 1. The Kier molecular flexibility index (Phi) is 4.58. The summed E-state index contributed by atoms with van der Waals surface area (Å²) < 4.78 is 12.2. The Hall–Kier alpha value is -2.08. The van der Waals surface area contributed by atoms with Gasteiger partial charge in [-0.05, 0) is 31.4 Å². The highest BCUT2D eigenvalue weighted by Gasteiger charge is 2.16. The van der Waals surface area contributed by atoms with Crippen LogP contribution in [0.15, 0.2) is 33.5 Å². The summed E-state index contributed by atoms with van der Waals surface area (Å²) in [7, 11) is 0. The number of hydrogen-bond acceptors (Lipinski definition) is 4. The molecule has 2 heterocycles. The van der Waals surface area contributed by atoms with Crippen LogP contribution in [0.3, 0.4) is 0 Å². The van der Waals surface area contributed by atoms with Crippen LogP contribution in [0.1, 0.15) is 25.7 Å². The van der Waals surface area contributed by atoms with Crippen LogP contribution in [0.4, 0.5) is 0 Å². The smallest absolute Gasteiger partial charge is 0.408 e. The van der Waals surface area contributed by atoms with Crippen molar-refractivity contribution in [3.63, 3.8) is 0 Å². The lowest BCUT2D eigenvalue weighted by Crippen LogP contribution is -2.31. The highest BCUT2D eigenvalue weighted by Crippen LogP contribution is 2.13. The van der Waals surface area contributed by atoms with Crippen molar-refractivity contribution >= 4 is 17.0 Å². The van der Waals surface area contributed by atoms with Crippen LogP contribution in [-0.2, 0) is 16.1 Å². The predicted molar refractivity (Wildman–Crippen MR) is 81.7 cm³/mol. The van der Waals surface area contributed by atoms with Crippen LogP contribution in [0.2, 0.25) is 0 Å². The number of fused-ring (bicyclic) bond motifs is 1. The first-order valence-electron chi connectivity index (χ1n) is 7.71. The minimum Gasteiger partial charge on any atom is -0.408 e. The summed E-state index contributed by atoms with van der Waals surface area (Å²) in [6.07, 6.45) is 3.22. The molecule has 1 amide bonds. The monoisotopic (exact) mass is 304 g/mol. The molecular weight excluding hydrogens is 284 g/mol. The average Bonchev–Trinajstić information content (AvgIpc) is 3.13. The fraction of sp³-hybridized carbons (Fsp3) is 0.500. The van der Waals surface area contributed by atoms with E-state index < -0.39 is 0 Å². The predicted octanol–water partition coefficient (Wildman–Crippen LogP) is 1.67. The Labute approximate surface area is 128 Å². The third-order valence-electron chi connectivity index (χ3n) is 3.91. The normalized spacial score (nSPS) is 17.9. The molecule has 118 valence electrons. The molecule has 1 saturated heterocycles. The average molecular weight is 304 g/mol. The van der Waals surface area contributed by atoms with Gasteiger partial charge in [0, 0.05) is 26.1 Å². The number of rotatable bonds is 6. The molecule has 6 nitrogen and oxygen atoms in total. The van der Waals surface area contributed by atoms with Crippen LogP contribution in [0.5, 0.6) is 0 Å². The number of aromatic nitrogens is 1. The van der Waals surface area contributed by atoms with Crippen molar-refractivity contribution in [3.8, 4) is 0 Å². The zero-order valence-electron chi connectivity index (χ0n) is 12.4. The van der Waals surface area contributed by atoms with Gasteiger partial charge < -0.3 is 14.5 Å². The number of ether oxygens (including phenoxy) is 1. The molecule has 1 aliphatic heterocycles. The number of hydrogen-bond donors (Lipinski definition) is 1. The molecule has 1 aromatic heterocycles. The number of oxazole rings is 1. The highest BCUT2D eigenvalue weighted by atomic mass is 16.5. The van der Waals surface area contributed by atoms with Gasteiger partial charge in [-0.25, -0.2) is 4.79 Å². The van der Waals surface area contributed by atoms with Crippen LogP contribution in [0.25, 0.3) is 11.1 Å². The van der Waals surface area contributed by atoms with Gasteiger partial charge in [0.05, 0.1) is 11.6 Å². The summed E-state index contributed by atoms with van der Waals surface area (Å²) in [6.45, 7) is 1.84. The van der Waals surface area contributed by atoms with Gasteiger partial charge in [-0.2, -0.15) is 0 Å². The Morgan fingerprint density at radius 2 is 2.23 bits per heavy atom. The maximum atomic E-state index is 11.8. The maximum absolute atomic E-state index is 11.8. The zero-order chi connectivity index (χ0) is 15.4. The van der Waals surface area contributed by atoms with Gasteiger partial charge >= 0.3 is 5.76 Å². The van der Waals surface area contributed by atoms with E-state index in [-0.39, 0.29) is 17.8 Å². The second kappa shape index (κ2) is 6.79. The fourth-order valence-electron chi connectivity index (χ4n) is 2.74. The number of carbonyl (C=O) groups is 1. The van der Waals surface area contributed by atoms with Crippen molar-refractivity contribution in [1.29, 1.82) is 0 Å². The van der Waals surface area contributed by atoms with E-state index in [2.05, 4.69) is 5.32 Å². The first-order valence-corrected chi connectivity index (χ1v) is 7.71. The van der Waals surface area contributed by atoms with Crippen LogP contribution < -0.4 is 11.1 Å². The molecule has 0 bridgehead atoms. The molecule has 3 rings (SSSR count). The number of aryl methyl sites for hydroxylation is 1. The van der Waals surface area contributed by atoms with E-state index in [0.717, 1.165) is 25.0 Å². The van der Waals surface area contributed by atoms with Crippen molar-refractivity contribution in [3.05, 3.63) is 34.8 Å². The molecule has 1 aromatic carbocycles. The van der Waals surface area contributed by atoms with Crippen LogP contribution >= 0.6 is 0 Å². The van der Waals surface area contributed by atoms with Crippen LogP contribution in [-0.4, -0.2) is 29.7 Å². The highest BCUT2D eigenvalue weighted by molar-refractivity contribution is 5.76. The Bertz CT molecular complexity index is 697. The largest absolute Gasteiger partial charge is 0.419 e. The van der Waals surface area contributed by atoms with E-state index in [1.807, 2.05) is 18.2 Å². The van der Waals surface area contributed by atoms with E-state index in [1.54, 1.807) is 10.6 Å². The Morgan fingerprint density at radius 3 is 3.05 bits per heavy atom. The first kappa shape index (κ1) is 14.8. The van der Waals surface area contributed by atoms with Crippen molar-refractivity contribution in [2.24, 2.45) is 0 Å². The van der Waals surface area contributed by atoms with E-state index in [1.165, 1.54) is 0 Å². The van der Waals surface area contributed by atoms with Gasteiger partial charge in [0.25, 0.3) is 0 Å². The quantitative estimate of drug-likeness (QED) is 0.881. The standard InChI is InChI=1S/C16H20N2O4/c19-15(17-11-12-5-4-10-21-12)8-3-9-18-13-6-1-2-7-14(13)22-16(18)20/h1-2,6-7,12H,3-5,8-11H2,(H,17,19)/t12-/m1/s1. The number of para-hydroxylation sites is 2. The van der Waals surface area contributed by atoms with Crippen molar-refractivity contribution in [1.82, 2.24) is 9.88 Å². The van der Waals surface area contributed by atoms with Gasteiger partial charge in [-0.15, -0.1) is 0 Å². The SMILES string of the molecule is O=C(CCCn1c(=O)oc2ccccc21)NC[C@H]1CCCO1. The first-order chi connectivity index (χ1) is 10.7. The van der Waals surface area contributed by atoms with E-state index in [4.69, 9.17) is 9.15 Å². The van der Waals surface area contributed by atoms with Crippen molar-refractivity contribution in [2.45, 2.75) is 38.3 Å². The van der Waals surface area contributed by atoms with Gasteiger partial charge in [0.2, 0.25) is 5.91 Å². The molecule has 6 heteroatoms. The Morgan fingerprint density at radius 1 is 1.36 bits per heavy atom. The van der Waals surface area contributed by atoms with Crippen molar-refractivity contribution in [2.75, 3.05) is 13.2 Å². The molecule has 1 N–H and O–H groups in total. The minimum absolute atomic E-state index is 0.00338. The lowest BCUT2D eigenvalue weighted by atomic mass is 10.2. The molecule has 0 radical (unpaired) electrons. The molecule has 1 aliphatic rings. The van der Waals surface area contributed by atoms with E-state index in [9.17, 15) is 9.59 Å². The Balaban J connectivity index is 1.48. The number of nitrogens with zero attached hydrogens (tertiary/aromatic N) is 1. The van der Waals surface area contributed by atoms with Gasteiger partial charge in [-0.1, -0.05) is 12.1 Å².